The molecule has 0 radical (unpaired) electrons. The van der Waals surface area contributed by atoms with Gasteiger partial charge in [0.25, 0.3) is 5.91 Å². The second-order valence-electron chi connectivity index (χ2n) is 5.65. The van der Waals surface area contributed by atoms with Crippen molar-refractivity contribution in [1.29, 1.82) is 0 Å². The van der Waals surface area contributed by atoms with Crippen molar-refractivity contribution in [2.45, 2.75) is 15.8 Å². The number of carbonyl (C=O) groups excluding carboxylic acids is 1. The normalized spacial score (nSPS) is 15.9. The number of hydrogen-bond donors (Lipinski definition) is 0. The Morgan fingerprint density at radius 3 is 2.58 bits per heavy atom. The van der Waals surface area contributed by atoms with Gasteiger partial charge in [-0.05, 0) is 24.0 Å². The number of carbonyl (C=O) groups is 1. The molecule has 2 aromatic rings. The van der Waals surface area contributed by atoms with Crippen LogP contribution < -0.4 is 0 Å². The van der Waals surface area contributed by atoms with Crippen molar-refractivity contribution in [1.82, 2.24) is 24.0 Å². The van der Waals surface area contributed by atoms with Crippen LogP contribution in [0.1, 0.15) is 15.9 Å². The summed E-state index contributed by atoms with van der Waals surface area (Å²) in [6.07, 6.45) is 7.93. The van der Waals surface area contributed by atoms with Crippen molar-refractivity contribution in [3.63, 3.8) is 0 Å². The fourth-order valence-corrected chi connectivity index (χ4v) is 5.06. The van der Waals surface area contributed by atoms with E-state index >= 15 is 0 Å². The molecule has 130 valence electrons. The van der Waals surface area contributed by atoms with E-state index in [1.807, 2.05) is 41.5 Å². The van der Waals surface area contributed by atoms with Crippen molar-refractivity contribution in [2.24, 2.45) is 7.05 Å². The predicted octanol–water partition coefficient (Wildman–Crippen LogP) is 2.28. The summed E-state index contributed by atoms with van der Waals surface area (Å²) in [7, 11) is 1.93. The molecule has 0 spiro atoms. The van der Waals surface area contributed by atoms with Crippen LogP contribution in [-0.2, 0) is 13.6 Å². The number of thioether (sulfide) groups is 2. The van der Waals surface area contributed by atoms with E-state index in [1.165, 1.54) is 17.1 Å². The van der Waals surface area contributed by atoms with Crippen LogP contribution >= 0.6 is 35.1 Å². The minimum absolute atomic E-state index is 0.124. The Bertz CT molecular complexity index is 684. The first-order valence-corrected chi connectivity index (χ1v) is 10.9. The van der Waals surface area contributed by atoms with Crippen LogP contribution in [0.2, 0.25) is 0 Å². The molecule has 0 saturated carbocycles. The molecule has 0 atom stereocenters. The van der Waals surface area contributed by atoms with Crippen LogP contribution in [0.5, 0.6) is 0 Å². The standard InChI is InChI=1S/C15H21N5OS3/c1-18-9-11(8-16-18)10-19-4-6-20(7-5-19)14(21)12-13(22-2)17-24-15(12)23-3/h8-9H,4-7,10H2,1-3H3. The lowest BCUT2D eigenvalue weighted by molar-refractivity contribution is 0.0622. The zero-order chi connectivity index (χ0) is 17.1. The van der Waals surface area contributed by atoms with E-state index in [2.05, 4.69) is 14.4 Å². The Labute approximate surface area is 154 Å². The van der Waals surface area contributed by atoms with E-state index in [0.29, 0.717) is 0 Å². The van der Waals surface area contributed by atoms with Crippen LogP contribution in [0.3, 0.4) is 0 Å². The first-order chi connectivity index (χ1) is 11.6. The minimum Gasteiger partial charge on any atom is -0.336 e. The van der Waals surface area contributed by atoms with Gasteiger partial charge in [0.05, 0.1) is 16.0 Å². The van der Waals surface area contributed by atoms with Gasteiger partial charge in [-0.25, -0.2) is 0 Å². The van der Waals surface area contributed by atoms with Crippen molar-refractivity contribution < 1.29 is 4.79 Å². The molecule has 0 bridgehead atoms. The van der Waals surface area contributed by atoms with Gasteiger partial charge in [-0.2, -0.15) is 9.47 Å². The quantitative estimate of drug-likeness (QED) is 0.739. The molecule has 1 aliphatic heterocycles. The van der Waals surface area contributed by atoms with Crippen molar-refractivity contribution in [2.75, 3.05) is 38.7 Å². The van der Waals surface area contributed by atoms with Gasteiger partial charge < -0.3 is 4.90 Å². The Hall–Kier alpha value is -1.03. The third-order valence-corrected chi connectivity index (χ3v) is 6.79. The Kier molecular flexibility index (Phi) is 5.85. The van der Waals surface area contributed by atoms with Gasteiger partial charge in [0.2, 0.25) is 0 Å². The molecule has 1 amide bonds. The molecule has 0 N–H and O–H groups in total. The monoisotopic (exact) mass is 383 g/mol. The molecule has 24 heavy (non-hydrogen) atoms. The number of hydrogen-bond acceptors (Lipinski definition) is 7. The van der Waals surface area contributed by atoms with Gasteiger partial charge in [0.15, 0.2) is 0 Å². The van der Waals surface area contributed by atoms with Crippen LogP contribution in [0.15, 0.2) is 21.6 Å². The summed E-state index contributed by atoms with van der Waals surface area (Å²) >= 11 is 4.57. The highest BCUT2D eigenvalue weighted by molar-refractivity contribution is 8.01. The molecular weight excluding hydrogens is 362 g/mol. The summed E-state index contributed by atoms with van der Waals surface area (Å²) in [6, 6.07) is 0. The van der Waals surface area contributed by atoms with Crippen molar-refractivity contribution >= 4 is 41.0 Å². The van der Waals surface area contributed by atoms with Crippen LogP contribution in [0.4, 0.5) is 0 Å². The zero-order valence-corrected chi connectivity index (χ0v) is 16.5. The molecule has 3 heterocycles. The predicted molar refractivity (Wildman–Crippen MR) is 100 cm³/mol. The fraction of sp³-hybridized carbons (Fsp3) is 0.533. The molecule has 0 unspecified atom stereocenters. The smallest absolute Gasteiger partial charge is 0.258 e. The maximum Gasteiger partial charge on any atom is 0.258 e. The molecule has 0 aromatic carbocycles. The molecule has 2 aromatic heterocycles. The maximum absolute atomic E-state index is 12.9. The Morgan fingerprint density at radius 2 is 2.00 bits per heavy atom. The third-order valence-electron chi connectivity index (χ3n) is 4.05. The minimum atomic E-state index is 0.124. The second kappa shape index (κ2) is 7.90. The van der Waals surface area contributed by atoms with E-state index in [9.17, 15) is 4.79 Å². The lowest BCUT2D eigenvalue weighted by Gasteiger charge is -2.34. The summed E-state index contributed by atoms with van der Waals surface area (Å²) in [4.78, 5) is 17.3. The highest BCUT2D eigenvalue weighted by atomic mass is 32.2. The molecular formula is C15H21N5OS3. The van der Waals surface area contributed by atoms with Gasteiger partial charge in [-0.1, -0.05) is 0 Å². The average Bonchev–Trinajstić information content (AvgIpc) is 3.20. The molecule has 6 nitrogen and oxygen atoms in total. The van der Waals surface area contributed by atoms with Gasteiger partial charge in [0.1, 0.15) is 5.03 Å². The largest absolute Gasteiger partial charge is 0.336 e. The van der Waals surface area contributed by atoms with E-state index in [-0.39, 0.29) is 5.91 Å². The van der Waals surface area contributed by atoms with Crippen molar-refractivity contribution in [3.05, 3.63) is 23.5 Å². The van der Waals surface area contributed by atoms with Crippen LogP contribution in [0, 0.1) is 0 Å². The lowest BCUT2D eigenvalue weighted by atomic mass is 10.2. The van der Waals surface area contributed by atoms with E-state index in [0.717, 1.165) is 47.5 Å². The van der Waals surface area contributed by atoms with E-state index in [4.69, 9.17) is 0 Å². The number of nitrogens with zero attached hydrogens (tertiary/aromatic N) is 5. The number of aromatic nitrogens is 3. The number of piperazine rings is 1. The molecule has 1 saturated heterocycles. The summed E-state index contributed by atoms with van der Waals surface area (Å²) in [5, 5.41) is 5.07. The maximum atomic E-state index is 12.9. The van der Waals surface area contributed by atoms with Gasteiger partial charge in [-0.3, -0.25) is 14.4 Å². The Morgan fingerprint density at radius 1 is 1.25 bits per heavy atom. The highest BCUT2D eigenvalue weighted by Crippen LogP contribution is 2.33. The molecule has 1 aliphatic rings. The summed E-state index contributed by atoms with van der Waals surface area (Å²) < 4.78 is 7.25. The summed E-state index contributed by atoms with van der Waals surface area (Å²) in [5.74, 6) is 0.124. The first-order valence-electron chi connectivity index (χ1n) is 7.69. The second-order valence-corrected chi connectivity index (χ2v) is 8.29. The van der Waals surface area contributed by atoms with Crippen LogP contribution in [0.25, 0.3) is 0 Å². The van der Waals surface area contributed by atoms with E-state index < -0.39 is 0 Å². The number of rotatable bonds is 5. The molecule has 0 aliphatic carbocycles. The Balaban J connectivity index is 1.62. The van der Waals surface area contributed by atoms with Gasteiger partial charge in [0, 0.05) is 51.5 Å². The lowest BCUT2D eigenvalue weighted by Crippen LogP contribution is -2.48. The number of amides is 1. The highest BCUT2D eigenvalue weighted by Gasteiger charge is 2.27. The van der Waals surface area contributed by atoms with Gasteiger partial charge >= 0.3 is 0 Å². The molecule has 9 heteroatoms. The first kappa shape index (κ1) is 17.8. The topological polar surface area (TPSA) is 54.3 Å². The SMILES string of the molecule is CSc1nsc(SC)c1C(=O)N1CCN(Cc2cnn(C)c2)CC1. The van der Waals surface area contributed by atoms with E-state index in [1.54, 1.807) is 23.5 Å². The molecule has 3 rings (SSSR count). The van der Waals surface area contributed by atoms with Gasteiger partial charge in [-0.15, -0.1) is 23.5 Å². The molecule has 1 fully saturated rings. The third kappa shape index (κ3) is 3.79. The number of aryl methyl sites for hydroxylation is 1. The average molecular weight is 384 g/mol. The summed E-state index contributed by atoms with van der Waals surface area (Å²) in [6.45, 7) is 4.19. The zero-order valence-electron chi connectivity index (χ0n) is 14.1. The van der Waals surface area contributed by atoms with Crippen molar-refractivity contribution in [3.8, 4) is 0 Å². The summed E-state index contributed by atoms with van der Waals surface area (Å²) in [5.41, 5.74) is 2.01. The van der Waals surface area contributed by atoms with Crippen LogP contribution in [-0.4, -0.2) is 68.6 Å². The fourth-order valence-electron chi connectivity index (χ4n) is 2.80.